The first-order valence-corrected chi connectivity index (χ1v) is 10.1. The van der Waals surface area contributed by atoms with E-state index in [1.54, 1.807) is 6.07 Å². The van der Waals surface area contributed by atoms with Crippen molar-refractivity contribution in [2.75, 3.05) is 6.54 Å². The Kier molecular flexibility index (Phi) is 5.53. The van der Waals surface area contributed by atoms with Crippen LogP contribution in [-0.2, 0) is 41.7 Å². The molecule has 4 rings (SSSR count). The molecule has 2 heterocycles. The van der Waals surface area contributed by atoms with Crippen molar-refractivity contribution < 1.29 is 22.8 Å². The van der Waals surface area contributed by atoms with Crippen molar-refractivity contribution in [2.24, 2.45) is 5.92 Å². The molecule has 0 unspecified atom stereocenters. The number of alkyl halides is 3. The summed E-state index contributed by atoms with van der Waals surface area (Å²) >= 11 is 0. The molecule has 1 aliphatic carbocycles. The third kappa shape index (κ3) is 4.34. The van der Waals surface area contributed by atoms with Crippen LogP contribution in [0.3, 0.4) is 0 Å². The number of benzene rings is 1. The van der Waals surface area contributed by atoms with E-state index in [1.807, 2.05) is 0 Å². The highest BCUT2D eigenvalue weighted by molar-refractivity contribution is 5.83. The number of H-pyrrole nitrogens is 1. The van der Waals surface area contributed by atoms with Crippen LogP contribution in [0.2, 0.25) is 0 Å². The number of nitrogens with zero attached hydrogens (tertiary/aromatic N) is 2. The Morgan fingerprint density at radius 1 is 1.27 bits per heavy atom. The summed E-state index contributed by atoms with van der Waals surface area (Å²) < 4.78 is 38.8. The van der Waals surface area contributed by atoms with E-state index in [1.165, 1.54) is 16.5 Å². The molecule has 9 heteroatoms. The van der Waals surface area contributed by atoms with E-state index in [0.29, 0.717) is 18.5 Å². The summed E-state index contributed by atoms with van der Waals surface area (Å²) in [6, 6.07) is 4.95. The Balaban J connectivity index is 1.37. The van der Waals surface area contributed by atoms with Gasteiger partial charge in [-0.05, 0) is 48.9 Å². The number of aromatic amines is 1. The van der Waals surface area contributed by atoms with Crippen LogP contribution in [0.4, 0.5) is 13.2 Å². The van der Waals surface area contributed by atoms with Crippen molar-refractivity contribution in [1.82, 2.24) is 20.4 Å². The van der Waals surface area contributed by atoms with E-state index in [9.17, 15) is 22.8 Å². The number of halogens is 3. The first-order chi connectivity index (χ1) is 14.3. The van der Waals surface area contributed by atoms with Crippen LogP contribution >= 0.6 is 0 Å². The monoisotopic (exact) mass is 420 g/mol. The summed E-state index contributed by atoms with van der Waals surface area (Å²) in [5.74, 6) is -0.701. The van der Waals surface area contributed by atoms with E-state index < -0.39 is 11.7 Å². The van der Waals surface area contributed by atoms with Gasteiger partial charge in [-0.15, -0.1) is 0 Å². The number of hydrogen-bond donors (Lipinski definition) is 2. The first kappa shape index (κ1) is 20.4. The molecule has 0 bridgehead atoms. The van der Waals surface area contributed by atoms with E-state index in [2.05, 4.69) is 15.5 Å². The minimum absolute atomic E-state index is 0.0550. The van der Waals surface area contributed by atoms with E-state index in [0.717, 1.165) is 42.8 Å². The molecule has 1 aromatic carbocycles. The maximum absolute atomic E-state index is 12.9. The molecule has 6 nitrogen and oxygen atoms in total. The number of amides is 2. The number of carbonyl (C=O) groups is 2. The van der Waals surface area contributed by atoms with Gasteiger partial charge in [0.15, 0.2) is 0 Å². The van der Waals surface area contributed by atoms with Gasteiger partial charge in [0.25, 0.3) is 0 Å². The van der Waals surface area contributed by atoms with Crippen molar-refractivity contribution in [1.29, 1.82) is 0 Å². The van der Waals surface area contributed by atoms with Crippen LogP contribution in [0.5, 0.6) is 0 Å². The number of aryl methyl sites for hydroxylation is 1. The molecule has 1 saturated heterocycles. The van der Waals surface area contributed by atoms with Crippen LogP contribution in [-0.4, -0.2) is 33.5 Å². The zero-order valence-electron chi connectivity index (χ0n) is 16.4. The number of nitrogens with one attached hydrogen (secondary N) is 2. The molecule has 2 N–H and O–H groups in total. The molecule has 1 fully saturated rings. The Morgan fingerprint density at radius 2 is 2.10 bits per heavy atom. The van der Waals surface area contributed by atoms with Gasteiger partial charge in [0.05, 0.1) is 23.7 Å². The largest absolute Gasteiger partial charge is 0.416 e. The number of carbonyl (C=O) groups excluding carboxylic acids is 2. The summed E-state index contributed by atoms with van der Waals surface area (Å²) in [7, 11) is 0. The Morgan fingerprint density at radius 3 is 2.90 bits per heavy atom. The predicted molar refractivity (Wildman–Crippen MR) is 102 cm³/mol. The summed E-state index contributed by atoms with van der Waals surface area (Å²) in [5, 5.41) is 10.2. The highest BCUT2D eigenvalue weighted by Crippen LogP contribution is 2.30. The number of hydrogen-bond acceptors (Lipinski definition) is 3. The van der Waals surface area contributed by atoms with Crippen LogP contribution in [0.1, 0.15) is 47.3 Å². The maximum Gasteiger partial charge on any atom is 0.416 e. The van der Waals surface area contributed by atoms with Crippen molar-refractivity contribution in [3.05, 3.63) is 52.3 Å². The van der Waals surface area contributed by atoms with Gasteiger partial charge in [-0.1, -0.05) is 12.1 Å². The third-order valence-corrected chi connectivity index (χ3v) is 5.82. The molecular weight excluding hydrogens is 397 g/mol. The fourth-order valence-corrected chi connectivity index (χ4v) is 4.20. The second-order valence-electron chi connectivity index (χ2n) is 7.91. The van der Waals surface area contributed by atoms with E-state index in [-0.39, 0.29) is 37.2 Å². The summed E-state index contributed by atoms with van der Waals surface area (Å²) in [6.45, 7) is 0.585. The van der Waals surface area contributed by atoms with E-state index >= 15 is 0 Å². The van der Waals surface area contributed by atoms with Gasteiger partial charge in [0, 0.05) is 25.2 Å². The van der Waals surface area contributed by atoms with Crippen LogP contribution in [0.25, 0.3) is 0 Å². The quantitative estimate of drug-likeness (QED) is 0.781. The van der Waals surface area contributed by atoms with E-state index in [4.69, 9.17) is 0 Å². The van der Waals surface area contributed by atoms with Gasteiger partial charge in [-0.3, -0.25) is 14.7 Å². The van der Waals surface area contributed by atoms with Gasteiger partial charge < -0.3 is 10.2 Å². The standard InChI is InChI=1S/C21H23F3N4O2/c22-21(23,24)15-4-1-3-13(9-15)11-28-12-14(7-8-19(28)29)20(30)25-10-18-16-5-2-6-17(16)26-27-18/h1,3-4,9,14H,2,5-8,10-12H2,(H,25,30)(H,26,27)/t14-/m1/s1. The molecule has 1 aromatic heterocycles. The zero-order chi connectivity index (χ0) is 21.3. The van der Waals surface area contributed by atoms with Crippen LogP contribution in [0, 0.1) is 5.92 Å². The molecule has 1 atom stereocenters. The van der Waals surface area contributed by atoms with Crippen LogP contribution in [0.15, 0.2) is 24.3 Å². The molecule has 0 spiro atoms. The highest BCUT2D eigenvalue weighted by Gasteiger charge is 2.32. The van der Waals surface area contributed by atoms with Gasteiger partial charge in [0.1, 0.15) is 0 Å². The van der Waals surface area contributed by atoms with Gasteiger partial charge in [-0.2, -0.15) is 18.3 Å². The summed E-state index contributed by atoms with van der Waals surface area (Å²) in [6.07, 6.45) is -0.779. The second kappa shape index (κ2) is 8.12. The summed E-state index contributed by atoms with van der Waals surface area (Å²) in [5.41, 5.74) is 2.82. The average Bonchev–Trinajstić information content (AvgIpc) is 3.32. The number of fused-ring (bicyclic) bond motifs is 1. The van der Waals surface area contributed by atoms with Crippen molar-refractivity contribution >= 4 is 11.8 Å². The molecule has 2 aromatic rings. The first-order valence-electron chi connectivity index (χ1n) is 10.1. The van der Waals surface area contributed by atoms with Crippen molar-refractivity contribution in [3.8, 4) is 0 Å². The second-order valence-corrected chi connectivity index (χ2v) is 7.91. The molecule has 160 valence electrons. The molecular formula is C21H23F3N4O2. The number of likely N-dealkylation sites (tertiary alicyclic amines) is 1. The zero-order valence-corrected chi connectivity index (χ0v) is 16.4. The lowest BCUT2D eigenvalue weighted by molar-refractivity contribution is -0.139. The molecule has 2 aliphatic rings. The Hall–Kier alpha value is -2.84. The summed E-state index contributed by atoms with van der Waals surface area (Å²) in [4.78, 5) is 26.4. The lowest BCUT2D eigenvalue weighted by atomic mass is 9.96. The normalized spacial score (nSPS) is 19.1. The smallest absolute Gasteiger partial charge is 0.350 e. The molecule has 30 heavy (non-hydrogen) atoms. The minimum Gasteiger partial charge on any atom is -0.350 e. The number of rotatable bonds is 5. The Bertz CT molecular complexity index is 954. The van der Waals surface area contributed by atoms with Crippen LogP contribution < -0.4 is 5.32 Å². The minimum atomic E-state index is -4.43. The fourth-order valence-electron chi connectivity index (χ4n) is 4.20. The lowest BCUT2D eigenvalue weighted by Gasteiger charge is -2.32. The highest BCUT2D eigenvalue weighted by atomic mass is 19.4. The van der Waals surface area contributed by atoms with Crippen molar-refractivity contribution in [2.45, 2.75) is 51.4 Å². The SMILES string of the molecule is O=C(NCc1n[nH]c2c1CCC2)[C@@H]1CCC(=O)N(Cc2cccc(C(F)(F)F)c2)C1. The fraction of sp³-hybridized carbons (Fsp3) is 0.476. The lowest BCUT2D eigenvalue weighted by Crippen LogP contribution is -2.45. The molecule has 1 aliphatic heterocycles. The Labute approximate surface area is 171 Å². The molecule has 2 amide bonds. The van der Waals surface area contributed by atoms with Gasteiger partial charge >= 0.3 is 6.18 Å². The maximum atomic E-state index is 12.9. The van der Waals surface area contributed by atoms with Gasteiger partial charge in [0.2, 0.25) is 11.8 Å². The third-order valence-electron chi connectivity index (χ3n) is 5.82. The van der Waals surface area contributed by atoms with Crippen molar-refractivity contribution in [3.63, 3.8) is 0 Å². The van der Waals surface area contributed by atoms with Gasteiger partial charge in [-0.25, -0.2) is 0 Å². The number of aromatic nitrogens is 2. The predicted octanol–water partition coefficient (Wildman–Crippen LogP) is 2.97. The topological polar surface area (TPSA) is 78.1 Å². The molecule has 0 saturated carbocycles. The average molecular weight is 420 g/mol. The molecule has 0 radical (unpaired) electrons. The number of piperidine rings is 1.